The van der Waals surface area contributed by atoms with Crippen molar-refractivity contribution in [3.8, 4) is 5.75 Å². The molecule has 1 unspecified atom stereocenters. The number of aromatic nitrogens is 1. The summed E-state index contributed by atoms with van der Waals surface area (Å²) in [4.78, 5) is 29.5. The van der Waals surface area contributed by atoms with E-state index in [1.165, 1.54) is 0 Å². The average Bonchev–Trinajstić information content (AvgIpc) is 3.04. The second kappa shape index (κ2) is 8.29. The summed E-state index contributed by atoms with van der Waals surface area (Å²) >= 11 is 1.57. The summed E-state index contributed by atoms with van der Waals surface area (Å²) in [5, 5.41) is 11.8. The molecular formula is C18H20N2O5S. The van der Waals surface area contributed by atoms with E-state index < -0.39 is 12.1 Å². The van der Waals surface area contributed by atoms with Crippen LogP contribution in [-0.4, -0.2) is 52.7 Å². The van der Waals surface area contributed by atoms with Gasteiger partial charge in [-0.05, 0) is 25.1 Å². The third-order valence-electron chi connectivity index (χ3n) is 3.96. The second-order valence-corrected chi connectivity index (χ2v) is 7.08. The van der Waals surface area contributed by atoms with Gasteiger partial charge in [0.25, 0.3) is 5.91 Å². The number of carboxylic acid groups (broad SMARTS) is 1. The molecule has 1 aromatic carbocycles. The number of thiazole rings is 1. The molecule has 1 saturated heterocycles. The quantitative estimate of drug-likeness (QED) is 0.832. The first kappa shape index (κ1) is 18.3. The van der Waals surface area contributed by atoms with Crippen LogP contribution in [0.5, 0.6) is 5.75 Å². The monoisotopic (exact) mass is 376 g/mol. The van der Waals surface area contributed by atoms with Crippen LogP contribution in [0.4, 0.5) is 0 Å². The van der Waals surface area contributed by atoms with Gasteiger partial charge < -0.3 is 19.5 Å². The predicted octanol–water partition coefficient (Wildman–Crippen LogP) is 2.35. The summed E-state index contributed by atoms with van der Waals surface area (Å²) in [7, 11) is 0. The Balaban J connectivity index is 1.63. The Morgan fingerprint density at radius 2 is 2.31 bits per heavy atom. The molecule has 1 aromatic heterocycles. The maximum absolute atomic E-state index is 12.7. The van der Waals surface area contributed by atoms with E-state index in [1.807, 2.05) is 12.3 Å². The summed E-state index contributed by atoms with van der Waals surface area (Å²) < 4.78 is 11.1. The topological polar surface area (TPSA) is 89.0 Å². The number of carbonyl (C=O) groups excluding carboxylic acids is 1. The summed E-state index contributed by atoms with van der Waals surface area (Å²) in [6.45, 7) is 3.34. The van der Waals surface area contributed by atoms with Crippen LogP contribution in [0.15, 0.2) is 29.6 Å². The van der Waals surface area contributed by atoms with Gasteiger partial charge >= 0.3 is 5.97 Å². The normalized spacial score (nSPS) is 17.1. The molecule has 0 aliphatic carbocycles. The maximum atomic E-state index is 12.7. The lowest BCUT2D eigenvalue weighted by atomic mass is 10.1. The molecule has 2 aromatic rings. The van der Waals surface area contributed by atoms with Crippen molar-refractivity contribution in [1.82, 2.24) is 9.88 Å². The number of benzene rings is 1. The molecule has 7 nitrogen and oxygen atoms in total. The molecule has 1 N–H and O–H groups in total. The van der Waals surface area contributed by atoms with Crippen molar-refractivity contribution in [2.45, 2.75) is 26.1 Å². The standard InChI is InChI=1S/C18H20N2O5S/c1-12-19-14(11-26-12)10-25-15-4-2-3-13(7-15)18(23)20-5-6-24-16(9-20)8-17(21)22/h2-4,7,11,16H,5-6,8-10H2,1H3,(H,21,22). The van der Waals surface area contributed by atoms with E-state index in [2.05, 4.69) is 4.98 Å². The van der Waals surface area contributed by atoms with Crippen molar-refractivity contribution in [3.63, 3.8) is 0 Å². The lowest BCUT2D eigenvalue weighted by molar-refractivity contribution is -0.141. The van der Waals surface area contributed by atoms with E-state index >= 15 is 0 Å². The molecule has 3 rings (SSSR count). The molecule has 138 valence electrons. The Labute approximate surface area is 155 Å². The molecule has 0 radical (unpaired) electrons. The third kappa shape index (κ3) is 4.80. The van der Waals surface area contributed by atoms with Crippen LogP contribution in [-0.2, 0) is 16.1 Å². The summed E-state index contributed by atoms with van der Waals surface area (Å²) in [6.07, 6.45) is -0.586. The van der Waals surface area contributed by atoms with Gasteiger partial charge in [-0.2, -0.15) is 0 Å². The summed E-state index contributed by atoms with van der Waals surface area (Å²) in [5.41, 5.74) is 1.36. The Morgan fingerprint density at radius 3 is 3.04 bits per heavy atom. The van der Waals surface area contributed by atoms with Gasteiger partial charge in [0, 0.05) is 24.0 Å². The maximum Gasteiger partial charge on any atom is 0.306 e. The lowest BCUT2D eigenvalue weighted by Gasteiger charge is -2.32. The third-order valence-corrected chi connectivity index (χ3v) is 4.78. The van der Waals surface area contributed by atoms with E-state index in [0.717, 1.165) is 10.7 Å². The average molecular weight is 376 g/mol. The van der Waals surface area contributed by atoms with Gasteiger partial charge in [-0.15, -0.1) is 11.3 Å². The van der Waals surface area contributed by atoms with E-state index in [9.17, 15) is 9.59 Å². The predicted molar refractivity (Wildman–Crippen MR) is 95.5 cm³/mol. The number of rotatable bonds is 6. The van der Waals surface area contributed by atoms with Crippen molar-refractivity contribution >= 4 is 23.2 Å². The zero-order valence-corrected chi connectivity index (χ0v) is 15.2. The SMILES string of the molecule is Cc1nc(COc2cccc(C(=O)N3CCOC(CC(=O)O)C3)c2)cs1. The minimum Gasteiger partial charge on any atom is -0.487 e. The fourth-order valence-corrected chi connectivity index (χ4v) is 3.35. The van der Waals surface area contributed by atoms with Gasteiger partial charge in [0.1, 0.15) is 12.4 Å². The molecule has 2 heterocycles. The van der Waals surface area contributed by atoms with Gasteiger partial charge in [-0.3, -0.25) is 9.59 Å². The van der Waals surface area contributed by atoms with Crippen LogP contribution in [0.2, 0.25) is 0 Å². The molecule has 1 aliphatic rings. The summed E-state index contributed by atoms with van der Waals surface area (Å²) in [6, 6.07) is 6.99. The Kier molecular flexibility index (Phi) is 5.85. The molecule has 0 bridgehead atoms. The molecule has 1 atom stereocenters. The first-order chi connectivity index (χ1) is 12.5. The molecular weight excluding hydrogens is 356 g/mol. The van der Waals surface area contributed by atoms with Crippen LogP contribution in [0, 0.1) is 6.92 Å². The molecule has 1 fully saturated rings. The van der Waals surface area contributed by atoms with Crippen molar-refractivity contribution in [1.29, 1.82) is 0 Å². The van der Waals surface area contributed by atoms with E-state index in [1.54, 1.807) is 40.5 Å². The highest BCUT2D eigenvalue weighted by atomic mass is 32.1. The lowest BCUT2D eigenvalue weighted by Crippen LogP contribution is -2.46. The van der Waals surface area contributed by atoms with Crippen LogP contribution < -0.4 is 4.74 Å². The number of hydrogen-bond donors (Lipinski definition) is 1. The van der Waals surface area contributed by atoms with Gasteiger partial charge in [0.15, 0.2) is 0 Å². The zero-order chi connectivity index (χ0) is 18.5. The van der Waals surface area contributed by atoms with Gasteiger partial charge in [0.2, 0.25) is 0 Å². The number of hydrogen-bond acceptors (Lipinski definition) is 6. The molecule has 1 aliphatic heterocycles. The molecule has 26 heavy (non-hydrogen) atoms. The fourth-order valence-electron chi connectivity index (χ4n) is 2.76. The molecule has 8 heteroatoms. The van der Waals surface area contributed by atoms with Gasteiger partial charge in [0.05, 0.1) is 29.8 Å². The summed E-state index contributed by atoms with van der Waals surface area (Å²) in [5.74, 6) is -0.493. The van der Waals surface area contributed by atoms with Crippen molar-refractivity contribution in [2.75, 3.05) is 19.7 Å². The molecule has 0 saturated carbocycles. The molecule has 1 amide bonds. The fraction of sp³-hybridized carbons (Fsp3) is 0.389. The highest BCUT2D eigenvalue weighted by Crippen LogP contribution is 2.19. The number of morpholine rings is 1. The van der Waals surface area contributed by atoms with Gasteiger partial charge in [-0.25, -0.2) is 4.98 Å². The second-order valence-electron chi connectivity index (χ2n) is 6.02. The highest BCUT2D eigenvalue weighted by Gasteiger charge is 2.26. The first-order valence-corrected chi connectivity index (χ1v) is 9.16. The first-order valence-electron chi connectivity index (χ1n) is 8.28. The Morgan fingerprint density at radius 1 is 1.46 bits per heavy atom. The Hall–Kier alpha value is -2.45. The number of nitrogens with zero attached hydrogens (tertiary/aromatic N) is 2. The van der Waals surface area contributed by atoms with Crippen molar-refractivity contribution < 1.29 is 24.2 Å². The van der Waals surface area contributed by atoms with E-state index in [0.29, 0.717) is 31.1 Å². The van der Waals surface area contributed by atoms with Crippen LogP contribution in [0.3, 0.4) is 0 Å². The van der Waals surface area contributed by atoms with Gasteiger partial charge in [-0.1, -0.05) is 6.07 Å². The minimum atomic E-state index is -0.933. The zero-order valence-electron chi connectivity index (χ0n) is 14.4. The number of aryl methyl sites for hydroxylation is 1. The number of carboxylic acids is 1. The van der Waals surface area contributed by atoms with E-state index in [-0.39, 0.29) is 18.9 Å². The number of aliphatic carboxylic acids is 1. The Bertz CT molecular complexity index is 791. The number of carbonyl (C=O) groups is 2. The smallest absolute Gasteiger partial charge is 0.306 e. The largest absolute Gasteiger partial charge is 0.487 e. The number of ether oxygens (including phenoxy) is 2. The molecule has 0 spiro atoms. The van der Waals surface area contributed by atoms with Crippen LogP contribution in [0.25, 0.3) is 0 Å². The van der Waals surface area contributed by atoms with Crippen LogP contribution in [0.1, 0.15) is 27.5 Å². The van der Waals surface area contributed by atoms with E-state index in [4.69, 9.17) is 14.6 Å². The minimum absolute atomic E-state index is 0.111. The number of amides is 1. The highest BCUT2D eigenvalue weighted by molar-refractivity contribution is 7.09. The van der Waals surface area contributed by atoms with Crippen molar-refractivity contribution in [2.24, 2.45) is 0 Å². The van der Waals surface area contributed by atoms with Crippen LogP contribution >= 0.6 is 11.3 Å². The van der Waals surface area contributed by atoms with Crippen molar-refractivity contribution in [3.05, 3.63) is 45.9 Å².